The van der Waals surface area contributed by atoms with Crippen LogP contribution in [0, 0.1) is 6.92 Å². The van der Waals surface area contributed by atoms with Crippen LogP contribution >= 0.6 is 11.8 Å². The fourth-order valence-corrected chi connectivity index (χ4v) is 4.57. The van der Waals surface area contributed by atoms with Crippen LogP contribution in [0.1, 0.15) is 38.8 Å². The molecule has 1 heterocycles. The van der Waals surface area contributed by atoms with Crippen LogP contribution in [0.3, 0.4) is 0 Å². The summed E-state index contributed by atoms with van der Waals surface area (Å²) in [5.41, 5.74) is 2.19. The van der Waals surface area contributed by atoms with Crippen molar-refractivity contribution in [2.75, 3.05) is 24.2 Å². The van der Waals surface area contributed by atoms with Gasteiger partial charge < -0.3 is 10.2 Å². The van der Waals surface area contributed by atoms with Gasteiger partial charge in [-0.3, -0.25) is 19.0 Å². The minimum atomic E-state index is -0.237. The van der Waals surface area contributed by atoms with Crippen molar-refractivity contribution < 1.29 is 9.59 Å². The van der Waals surface area contributed by atoms with E-state index in [9.17, 15) is 14.4 Å². The molecule has 33 heavy (non-hydrogen) atoms. The lowest BCUT2D eigenvalue weighted by molar-refractivity contribution is -0.132. The third-order valence-corrected chi connectivity index (χ3v) is 6.15. The summed E-state index contributed by atoms with van der Waals surface area (Å²) in [4.78, 5) is 44.8. The quantitative estimate of drug-likeness (QED) is 0.376. The number of rotatable bonds is 9. The van der Waals surface area contributed by atoms with Crippen molar-refractivity contribution in [3.05, 3.63) is 64.4 Å². The summed E-state index contributed by atoms with van der Waals surface area (Å²) < 4.78 is 1.62. The van der Waals surface area contributed by atoms with E-state index in [1.54, 1.807) is 21.6 Å². The van der Waals surface area contributed by atoms with Crippen molar-refractivity contribution in [3.8, 4) is 0 Å². The molecule has 2 aromatic carbocycles. The minimum Gasteiger partial charge on any atom is -0.333 e. The van der Waals surface area contributed by atoms with Gasteiger partial charge in [0.1, 0.15) is 0 Å². The normalized spacial score (nSPS) is 11.1. The van der Waals surface area contributed by atoms with E-state index in [-0.39, 0.29) is 35.7 Å². The van der Waals surface area contributed by atoms with Gasteiger partial charge in [-0.2, -0.15) is 0 Å². The van der Waals surface area contributed by atoms with Gasteiger partial charge in [-0.15, -0.1) is 0 Å². The molecule has 0 fully saturated rings. The Kier molecular flexibility index (Phi) is 8.27. The molecular weight excluding hydrogens is 436 g/mol. The molecule has 3 rings (SSSR count). The smallest absolute Gasteiger partial charge is 0.262 e. The number of thioether (sulfide) groups is 1. The molecule has 0 unspecified atom stereocenters. The third-order valence-electron chi connectivity index (χ3n) is 5.22. The van der Waals surface area contributed by atoms with Gasteiger partial charge in [-0.25, -0.2) is 4.98 Å². The zero-order valence-electron chi connectivity index (χ0n) is 19.5. The van der Waals surface area contributed by atoms with E-state index in [1.165, 1.54) is 11.8 Å². The van der Waals surface area contributed by atoms with Crippen molar-refractivity contribution in [2.45, 2.75) is 45.3 Å². The first kappa shape index (κ1) is 24.5. The van der Waals surface area contributed by atoms with E-state index in [0.29, 0.717) is 22.6 Å². The lowest BCUT2D eigenvalue weighted by Gasteiger charge is -2.22. The Bertz CT molecular complexity index is 1210. The molecule has 0 bridgehead atoms. The molecule has 2 amide bonds. The standard InChI is InChI=1S/C25H30N4O3S/c1-5-14-28(15-22(30)26-20-12-8-6-10-18(20)4)23(31)16-33-25-27-21-13-9-7-11-19(21)24(32)29(25)17(2)3/h6-13,17H,5,14-16H2,1-4H3,(H,26,30). The molecule has 0 aliphatic carbocycles. The number of benzene rings is 2. The maximum absolute atomic E-state index is 13.0. The highest BCUT2D eigenvalue weighted by molar-refractivity contribution is 7.99. The molecule has 1 aromatic heterocycles. The Hall–Kier alpha value is -3.13. The summed E-state index contributed by atoms with van der Waals surface area (Å²) in [6, 6.07) is 14.6. The molecule has 8 heteroatoms. The first-order chi connectivity index (χ1) is 15.8. The second-order valence-electron chi connectivity index (χ2n) is 8.15. The SMILES string of the molecule is CCCN(CC(=O)Nc1ccccc1C)C(=O)CSc1nc2ccccc2c(=O)n1C(C)C. The molecule has 174 valence electrons. The Morgan fingerprint density at radius 3 is 2.52 bits per heavy atom. The van der Waals surface area contributed by atoms with Crippen LogP contribution in [0.5, 0.6) is 0 Å². The van der Waals surface area contributed by atoms with Gasteiger partial charge in [-0.1, -0.05) is 49.0 Å². The van der Waals surface area contributed by atoms with Gasteiger partial charge in [0.05, 0.1) is 23.2 Å². The molecule has 1 N–H and O–H groups in total. The number of nitrogens with one attached hydrogen (secondary N) is 1. The summed E-state index contributed by atoms with van der Waals surface area (Å²) in [5, 5.41) is 3.94. The van der Waals surface area contributed by atoms with E-state index in [2.05, 4.69) is 10.3 Å². The van der Waals surface area contributed by atoms with Gasteiger partial charge in [0.25, 0.3) is 5.56 Å². The lowest BCUT2D eigenvalue weighted by atomic mass is 10.2. The number of aromatic nitrogens is 2. The first-order valence-corrected chi connectivity index (χ1v) is 12.1. The zero-order valence-corrected chi connectivity index (χ0v) is 20.3. The summed E-state index contributed by atoms with van der Waals surface area (Å²) in [7, 11) is 0. The van der Waals surface area contributed by atoms with Gasteiger partial charge in [0, 0.05) is 18.3 Å². The number of nitrogens with zero attached hydrogens (tertiary/aromatic N) is 3. The highest BCUT2D eigenvalue weighted by atomic mass is 32.2. The second-order valence-corrected chi connectivity index (χ2v) is 9.09. The first-order valence-electron chi connectivity index (χ1n) is 11.1. The number of hydrogen-bond donors (Lipinski definition) is 1. The number of fused-ring (bicyclic) bond motifs is 1. The number of carbonyl (C=O) groups excluding carboxylic acids is 2. The fraction of sp³-hybridized carbons (Fsp3) is 0.360. The summed E-state index contributed by atoms with van der Waals surface area (Å²) >= 11 is 1.23. The molecule has 3 aromatic rings. The number of hydrogen-bond acceptors (Lipinski definition) is 5. The Morgan fingerprint density at radius 2 is 1.82 bits per heavy atom. The Balaban J connectivity index is 1.74. The third kappa shape index (κ3) is 6.01. The molecule has 0 aliphatic rings. The van der Waals surface area contributed by atoms with Crippen LogP contribution in [0.25, 0.3) is 10.9 Å². The largest absolute Gasteiger partial charge is 0.333 e. The second kappa shape index (κ2) is 11.1. The van der Waals surface area contributed by atoms with E-state index < -0.39 is 0 Å². The molecule has 7 nitrogen and oxygen atoms in total. The Morgan fingerprint density at radius 1 is 1.12 bits per heavy atom. The average molecular weight is 467 g/mol. The number of para-hydroxylation sites is 2. The van der Waals surface area contributed by atoms with Gasteiger partial charge in [-0.05, 0) is 51.0 Å². The van der Waals surface area contributed by atoms with Crippen molar-refractivity contribution in [3.63, 3.8) is 0 Å². The number of anilines is 1. The van der Waals surface area contributed by atoms with Crippen LogP contribution in [-0.2, 0) is 9.59 Å². The van der Waals surface area contributed by atoms with Crippen molar-refractivity contribution >= 4 is 40.2 Å². The van der Waals surface area contributed by atoms with Crippen LogP contribution < -0.4 is 10.9 Å². The number of amides is 2. The van der Waals surface area contributed by atoms with Gasteiger partial charge >= 0.3 is 0 Å². The maximum atomic E-state index is 13.0. The zero-order chi connectivity index (χ0) is 24.0. The monoisotopic (exact) mass is 466 g/mol. The van der Waals surface area contributed by atoms with E-state index in [1.807, 2.05) is 64.1 Å². The van der Waals surface area contributed by atoms with Crippen molar-refractivity contribution in [2.24, 2.45) is 0 Å². The summed E-state index contributed by atoms with van der Waals surface area (Å²) in [6.45, 7) is 8.18. The molecule has 0 spiro atoms. The number of carbonyl (C=O) groups is 2. The summed E-state index contributed by atoms with van der Waals surface area (Å²) in [6.07, 6.45) is 0.735. The number of aryl methyl sites for hydroxylation is 1. The van der Waals surface area contributed by atoms with Crippen LogP contribution in [0.4, 0.5) is 5.69 Å². The van der Waals surface area contributed by atoms with Crippen LogP contribution in [0.15, 0.2) is 58.5 Å². The van der Waals surface area contributed by atoms with Crippen LogP contribution in [-0.4, -0.2) is 45.1 Å². The maximum Gasteiger partial charge on any atom is 0.262 e. The average Bonchev–Trinajstić information content (AvgIpc) is 2.78. The molecule has 0 saturated carbocycles. The van der Waals surface area contributed by atoms with Crippen molar-refractivity contribution in [1.82, 2.24) is 14.5 Å². The molecular formula is C25H30N4O3S. The topological polar surface area (TPSA) is 84.3 Å². The van der Waals surface area contributed by atoms with Gasteiger partial charge in [0.2, 0.25) is 11.8 Å². The minimum absolute atomic E-state index is 0.0241. The van der Waals surface area contributed by atoms with E-state index in [0.717, 1.165) is 17.7 Å². The van der Waals surface area contributed by atoms with Crippen molar-refractivity contribution in [1.29, 1.82) is 0 Å². The Labute approximate surface area is 198 Å². The molecule has 0 radical (unpaired) electrons. The highest BCUT2D eigenvalue weighted by Gasteiger charge is 2.20. The highest BCUT2D eigenvalue weighted by Crippen LogP contribution is 2.21. The van der Waals surface area contributed by atoms with Gasteiger partial charge in [0.15, 0.2) is 5.16 Å². The fourth-order valence-electron chi connectivity index (χ4n) is 3.54. The lowest BCUT2D eigenvalue weighted by Crippen LogP contribution is -2.39. The predicted octanol–water partition coefficient (Wildman–Crippen LogP) is 4.26. The molecule has 0 saturated heterocycles. The molecule has 0 aliphatic heterocycles. The van der Waals surface area contributed by atoms with Crippen LogP contribution in [0.2, 0.25) is 0 Å². The molecule has 0 atom stereocenters. The predicted molar refractivity (Wildman–Crippen MR) is 134 cm³/mol. The van der Waals surface area contributed by atoms with E-state index in [4.69, 9.17) is 0 Å². The van der Waals surface area contributed by atoms with E-state index >= 15 is 0 Å². The summed E-state index contributed by atoms with van der Waals surface area (Å²) in [5.74, 6) is -0.312.